The number of carbonyl (C=O) groups is 1. The van der Waals surface area contributed by atoms with Crippen molar-refractivity contribution in [1.82, 2.24) is 0 Å². The Labute approximate surface area is 85.1 Å². The zero-order valence-corrected chi connectivity index (χ0v) is 8.79. The molecule has 0 saturated heterocycles. The van der Waals surface area contributed by atoms with Gasteiger partial charge in [-0.15, -0.1) is 0 Å². The van der Waals surface area contributed by atoms with Crippen LogP contribution in [0.1, 0.15) is 30.9 Å². The number of carbonyl (C=O) groups excluding carboxylic acids is 1. The van der Waals surface area contributed by atoms with Crippen LogP contribution in [0.25, 0.3) is 0 Å². The molecule has 2 rings (SSSR count). The highest BCUT2D eigenvalue weighted by molar-refractivity contribution is 5.64. The summed E-state index contributed by atoms with van der Waals surface area (Å²) in [5.74, 6) is 0.259. The number of rotatable bonds is 3. The number of hydrogen-bond donors (Lipinski definition) is 0. The van der Waals surface area contributed by atoms with E-state index in [4.69, 9.17) is 0 Å². The van der Waals surface area contributed by atoms with Gasteiger partial charge in [-0.1, -0.05) is 36.8 Å². The summed E-state index contributed by atoms with van der Waals surface area (Å²) >= 11 is 0. The van der Waals surface area contributed by atoms with Crippen LogP contribution < -0.4 is 0 Å². The molecule has 1 fully saturated rings. The summed E-state index contributed by atoms with van der Waals surface area (Å²) in [5.41, 5.74) is 2.79. The fourth-order valence-corrected chi connectivity index (χ4v) is 2.34. The highest BCUT2D eigenvalue weighted by Gasteiger charge is 2.53. The van der Waals surface area contributed by atoms with Crippen LogP contribution in [0.4, 0.5) is 0 Å². The average Bonchev–Trinajstić information content (AvgIpc) is 2.94. The minimum absolute atomic E-state index is 0.176. The third-order valence-corrected chi connectivity index (χ3v) is 3.56. The molecule has 1 saturated carbocycles. The van der Waals surface area contributed by atoms with Crippen molar-refractivity contribution in [2.24, 2.45) is 5.92 Å². The largest absolute Gasteiger partial charge is 0.303 e. The van der Waals surface area contributed by atoms with Crippen molar-refractivity contribution < 1.29 is 4.79 Å². The summed E-state index contributed by atoms with van der Waals surface area (Å²) in [7, 11) is 0. The van der Waals surface area contributed by atoms with Gasteiger partial charge in [0, 0.05) is 11.3 Å². The standard InChI is InChI=1S/C13H16O/c1-3-13(8-12(13)9-14)11-6-4-10(2)5-7-11/h4-7,9,12H,3,8H2,1-2H3. The van der Waals surface area contributed by atoms with E-state index in [-0.39, 0.29) is 11.3 Å². The summed E-state index contributed by atoms with van der Waals surface area (Å²) in [5, 5.41) is 0. The van der Waals surface area contributed by atoms with Crippen LogP contribution in [-0.4, -0.2) is 6.29 Å². The average molecular weight is 188 g/mol. The fourth-order valence-electron chi connectivity index (χ4n) is 2.34. The van der Waals surface area contributed by atoms with Crippen molar-refractivity contribution in [1.29, 1.82) is 0 Å². The monoisotopic (exact) mass is 188 g/mol. The zero-order chi connectivity index (χ0) is 10.2. The zero-order valence-electron chi connectivity index (χ0n) is 8.79. The molecular formula is C13H16O. The molecular weight excluding hydrogens is 172 g/mol. The van der Waals surface area contributed by atoms with Crippen LogP contribution in [0.2, 0.25) is 0 Å². The maximum atomic E-state index is 10.8. The molecule has 1 aliphatic carbocycles. The maximum absolute atomic E-state index is 10.8. The Kier molecular flexibility index (Phi) is 2.18. The van der Waals surface area contributed by atoms with Crippen LogP contribution in [-0.2, 0) is 10.2 Å². The minimum Gasteiger partial charge on any atom is -0.303 e. The summed E-state index contributed by atoms with van der Waals surface area (Å²) < 4.78 is 0. The van der Waals surface area contributed by atoms with Gasteiger partial charge in [0.25, 0.3) is 0 Å². The van der Waals surface area contributed by atoms with Gasteiger partial charge in [-0.25, -0.2) is 0 Å². The van der Waals surface area contributed by atoms with Crippen molar-refractivity contribution in [3.05, 3.63) is 35.4 Å². The molecule has 0 N–H and O–H groups in total. The normalized spacial score (nSPS) is 30.0. The number of benzene rings is 1. The molecule has 1 nitrogen and oxygen atoms in total. The van der Waals surface area contributed by atoms with Crippen molar-refractivity contribution in [3.63, 3.8) is 0 Å². The molecule has 1 aromatic rings. The predicted octanol–water partition coefficient (Wildman–Crippen LogP) is 2.86. The highest BCUT2D eigenvalue weighted by atomic mass is 16.1. The maximum Gasteiger partial charge on any atom is 0.123 e. The smallest absolute Gasteiger partial charge is 0.123 e. The van der Waals surface area contributed by atoms with Gasteiger partial charge in [-0.05, 0) is 25.3 Å². The van der Waals surface area contributed by atoms with Gasteiger partial charge < -0.3 is 4.79 Å². The van der Waals surface area contributed by atoms with Gasteiger partial charge in [0.15, 0.2) is 0 Å². The predicted molar refractivity (Wildman–Crippen MR) is 57.3 cm³/mol. The van der Waals surface area contributed by atoms with E-state index in [1.165, 1.54) is 11.1 Å². The first-order valence-corrected chi connectivity index (χ1v) is 5.25. The van der Waals surface area contributed by atoms with E-state index in [1.807, 2.05) is 0 Å². The Bertz CT molecular complexity index is 339. The first-order valence-electron chi connectivity index (χ1n) is 5.25. The molecule has 1 aromatic carbocycles. The van der Waals surface area contributed by atoms with Gasteiger partial charge in [-0.3, -0.25) is 0 Å². The van der Waals surface area contributed by atoms with E-state index >= 15 is 0 Å². The number of hydrogen-bond acceptors (Lipinski definition) is 1. The molecule has 2 atom stereocenters. The van der Waals surface area contributed by atoms with E-state index < -0.39 is 0 Å². The van der Waals surface area contributed by atoms with Gasteiger partial charge in [0.1, 0.15) is 6.29 Å². The van der Waals surface area contributed by atoms with Gasteiger partial charge in [0.2, 0.25) is 0 Å². The molecule has 74 valence electrons. The Hall–Kier alpha value is -1.11. The summed E-state index contributed by atoms with van der Waals surface area (Å²) in [4.78, 5) is 10.8. The van der Waals surface area contributed by atoms with Crippen LogP contribution >= 0.6 is 0 Å². The summed E-state index contributed by atoms with van der Waals surface area (Å²) in [6, 6.07) is 8.60. The lowest BCUT2D eigenvalue weighted by atomic mass is 9.90. The third-order valence-electron chi connectivity index (χ3n) is 3.56. The summed E-state index contributed by atoms with van der Waals surface area (Å²) in [6.07, 6.45) is 3.22. The number of aryl methyl sites for hydroxylation is 1. The van der Waals surface area contributed by atoms with E-state index in [0.29, 0.717) is 0 Å². The first kappa shape index (κ1) is 9.45. The lowest BCUT2D eigenvalue weighted by molar-refractivity contribution is -0.109. The Morgan fingerprint density at radius 2 is 2.07 bits per heavy atom. The molecule has 0 amide bonds. The Morgan fingerprint density at radius 1 is 1.43 bits per heavy atom. The van der Waals surface area contributed by atoms with Crippen LogP contribution in [0.3, 0.4) is 0 Å². The SMILES string of the molecule is CCC1(c2ccc(C)cc2)CC1C=O. The second kappa shape index (κ2) is 3.23. The van der Waals surface area contributed by atoms with Gasteiger partial charge in [0.05, 0.1) is 0 Å². The second-order valence-corrected chi connectivity index (χ2v) is 4.32. The van der Waals surface area contributed by atoms with E-state index in [9.17, 15) is 4.79 Å². The fraction of sp³-hybridized carbons (Fsp3) is 0.462. The Balaban J connectivity index is 2.30. The van der Waals surface area contributed by atoms with Gasteiger partial charge >= 0.3 is 0 Å². The molecule has 1 heteroatoms. The van der Waals surface area contributed by atoms with Crippen LogP contribution in [0.5, 0.6) is 0 Å². The molecule has 0 heterocycles. The van der Waals surface area contributed by atoms with Crippen molar-refractivity contribution in [3.8, 4) is 0 Å². The molecule has 0 bridgehead atoms. The topological polar surface area (TPSA) is 17.1 Å². The minimum atomic E-state index is 0.176. The molecule has 0 aromatic heterocycles. The van der Waals surface area contributed by atoms with Crippen molar-refractivity contribution >= 4 is 6.29 Å². The first-order chi connectivity index (χ1) is 6.73. The lowest BCUT2D eigenvalue weighted by Gasteiger charge is -2.14. The van der Waals surface area contributed by atoms with Crippen LogP contribution in [0, 0.1) is 12.8 Å². The number of aldehydes is 1. The summed E-state index contributed by atoms with van der Waals surface area (Å²) in [6.45, 7) is 4.26. The van der Waals surface area contributed by atoms with Crippen molar-refractivity contribution in [2.75, 3.05) is 0 Å². The molecule has 1 aliphatic rings. The van der Waals surface area contributed by atoms with E-state index in [0.717, 1.165) is 19.1 Å². The van der Waals surface area contributed by atoms with Crippen LogP contribution in [0.15, 0.2) is 24.3 Å². The molecule has 0 aliphatic heterocycles. The van der Waals surface area contributed by atoms with E-state index in [1.54, 1.807) is 0 Å². The van der Waals surface area contributed by atoms with Gasteiger partial charge in [-0.2, -0.15) is 0 Å². The molecule has 0 spiro atoms. The highest BCUT2D eigenvalue weighted by Crippen LogP contribution is 2.55. The Morgan fingerprint density at radius 3 is 2.50 bits per heavy atom. The third kappa shape index (κ3) is 1.28. The lowest BCUT2D eigenvalue weighted by Crippen LogP contribution is -2.09. The molecule has 2 unspecified atom stereocenters. The molecule has 0 radical (unpaired) electrons. The van der Waals surface area contributed by atoms with Crippen molar-refractivity contribution in [2.45, 2.75) is 32.1 Å². The second-order valence-electron chi connectivity index (χ2n) is 4.32. The quantitative estimate of drug-likeness (QED) is 0.667. The van der Waals surface area contributed by atoms with E-state index in [2.05, 4.69) is 38.1 Å². The molecule has 14 heavy (non-hydrogen) atoms.